The number of rotatable bonds is 8. The van der Waals surface area contributed by atoms with Gasteiger partial charge in [-0.1, -0.05) is 6.07 Å². The molecule has 10 nitrogen and oxygen atoms in total. The minimum Gasteiger partial charge on any atom is -0.367 e. The van der Waals surface area contributed by atoms with E-state index in [1.807, 2.05) is 18.2 Å². The molecule has 1 aliphatic rings. The van der Waals surface area contributed by atoms with Crippen molar-refractivity contribution < 1.29 is 13.2 Å². The largest absolute Gasteiger partial charge is 0.367 e. The van der Waals surface area contributed by atoms with Crippen molar-refractivity contribution >= 4 is 33.4 Å². The molecule has 0 unspecified atom stereocenters. The molecule has 0 aliphatic carbocycles. The molecule has 3 N–H and O–H groups in total. The maximum atomic E-state index is 12.2. The van der Waals surface area contributed by atoms with E-state index in [4.69, 9.17) is 0 Å². The molecule has 0 radical (unpaired) electrons. The number of carbonyl (C=O) groups is 1. The Morgan fingerprint density at radius 3 is 2.41 bits per heavy atom. The number of nitrogens with zero attached hydrogens (tertiary/aromatic N) is 4. The second-order valence-corrected chi connectivity index (χ2v) is 8.78. The average molecular weight is 420 g/mol. The molecule has 1 fully saturated rings. The number of sulfonamides is 1. The molecule has 0 spiro atoms. The lowest BCUT2D eigenvalue weighted by Crippen LogP contribution is -2.43. The third-order valence-electron chi connectivity index (χ3n) is 4.61. The molecular formula is C18H25N7O3S. The molecule has 0 atom stereocenters. The van der Waals surface area contributed by atoms with E-state index >= 15 is 0 Å². The van der Waals surface area contributed by atoms with E-state index in [-0.39, 0.29) is 11.8 Å². The number of aromatic nitrogens is 3. The van der Waals surface area contributed by atoms with E-state index in [9.17, 15) is 13.2 Å². The van der Waals surface area contributed by atoms with Gasteiger partial charge in [-0.2, -0.15) is 0 Å². The van der Waals surface area contributed by atoms with Crippen LogP contribution in [-0.4, -0.2) is 66.2 Å². The summed E-state index contributed by atoms with van der Waals surface area (Å²) in [6, 6.07) is 9.13. The smallest absolute Gasteiger partial charge is 0.223 e. The van der Waals surface area contributed by atoms with Gasteiger partial charge in [0.1, 0.15) is 11.6 Å². The zero-order valence-corrected chi connectivity index (χ0v) is 17.0. The molecule has 2 aromatic heterocycles. The Morgan fingerprint density at radius 1 is 1.07 bits per heavy atom. The molecule has 0 saturated carbocycles. The van der Waals surface area contributed by atoms with Gasteiger partial charge in [0.2, 0.25) is 15.9 Å². The first-order valence-electron chi connectivity index (χ1n) is 9.40. The van der Waals surface area contributed by atoms with E-state index in [1.54, 1.807) is 18.3 Å². The summed E-state index contributed by atoms with van der Waals surface area (Å²) >= 11 is 0. The predicted octanol–water partition coefficient (Wildman–Crippen LogP) is 0.815. The molecule has 3 rings (SSSR count). The zero-order valence-electron chi connectivity index (χ0n) is 16.2. The molecule has 2 aromatic rings. The fourth-order valence-electron chi connectivity index (χ4n) is 3.03. The van der Waals surface area contributed by atoms with Crippen LogP contribution < -0.4 is 16.0 Å². The summed E-state index contributed by atoms with van der Waals surface area (Å²) in [6.07, 6.45) is 3.98. The van der Waals surface area contributed by atoms with Gasteiger partial charge in [0, 0.05) is 38.3 Å². The highest BCUT2D eigenvalue weighted by atomic mass is 32.2. The molecule has 3 heterocycles. The van der Waals surface area contributed by atoms with Crippen molar-refractivity contribution in [2.45, 2.75) is 12.8 Å². The Labute approximate surface area is 170 Å². The van der Waals surface area contributed by atoms with Crippen LogP contribution >= 0.6 is 0 Å². The van der Waals surface area contributed by atoms with Crippen LogP contribution in [0.15, 0.2) is 36.5 Å². The van der Waals surface area contributed by atoms with Gasteiger partial charge in [0.05, 0.1) is 6.26 Å². The summed E-state index contributed by atoms with van der Waals surface area (Å²) in [5.41, 5.74) is 0. The van der Waals surface area contributed by atoms with Crippen LogP contribution in [0.1, 0.15) is 12.8 Å². The fraction of sp³-hybridized carbons (Fsp3) is 0.444. The van der Waals surface area contributed by atoms with E-state index in [2.05, 4.69) is 31.1 Å². The third-order valence-corrected chi connectivity index (χ3v) is 5.91. The summed E-state index contributed by atoms with van der Waals surface area (Å²) in [6.45, 7) is 1.74. The highest BCUT2D eigenvalue weighted by Gasteiger charge is 2.28. The first-order chi connectivity index (χ1) is 13.9. The number of amides is 1. The van der Waals surface area contributed by atoms with Crippen molar-refractivity contribution in [1.29, 1.82) is 0 Å². The maximum Gasteiger partial charge on any atom is 0.223 e. The van der Waals surface area contributed by atoms with Crippen molar-refractivity contribution in [3.8, 4) is 0 Å². The number of pyridine rings is 1. The number of anilines is 3. The average Bonchev–Trinajstić information content (AvgIpc) is 2.72. The summed E-state index contributed by atoms with van der Waals surface area (Å²) in [7, 11) is -3.18. The van der Waals surface area contributed by atoms with Crippen molar-refractivity contribution in [1.82, 2.24) is 24.8 Å². The Balaban J connectivity index is 1.35. The second kappa shape index (κ2) is 9.61. The number of hydrogen-bond donors (Lipinski definition) is 3. The Kier molecular flexibility index (Phi) is 6.94. The Hall–Kier alpha value is -2.79. The van der Waals surface area contributed by atoms with Gasteiger partial charge >= 0.3 is 0 Å². The van der Waals surface area contributed by atoms with Gasteiger partial charge in [-0.05, 0) is 37.1 Å². The maximum absolute atomic E-state index is 12.2. The normalized spacial score (nSPS) is 15.6. The molecule has 29 heavy (non-hydrogen) atoms. The van der Waals surface area contributed by atoms with E-state index in [1.165, 1.54) is 10.6 Å². The van der Waals surface area contributed by atoms with Crippen LogP contribution in [0.3, 0.4) is 0 Å². The van der Waals surface area contributed by atoms with E-state index < -0.39 is 10.0 Å². The third kappa shape index (κ3) is 6.36. The first kappa shape index (κ1) is 20.9. The predicted molar refractivity (Wildman–Crippen MR) is 110 cm³/mol. The van der Waals surface area contributed by atoms with Gasteiger partial charge in [-0.15, -0.1) is 10.2 Å². The SMILES string of the molecule is CS(=O)(=O)N1CCC(C(=O)NCCNc2ccc(Nc3ccccn3)nn2)CC1. The van der Waals surface area contributed by atoms with Gasteiger partial charge < -0.3 is 16.0 Å². The van der Waals surface area contributed by atoms with E-state index in [0.717, 1.165) is 0 Å². The lowest BCUT2D eigenvalue weighted by atomic mass is 9.97. The fourth-order valence-corrected chi connectivity index (χ4v) is 3.91. The molecule has 1 saturated heterocycles. The van der Waals surface area contributed by atoms with Crippen molar-refractivity contribution in [2.24, 2.45) is 5.92 Å². The van der Waals surface area contributed by atoms with Crippen LogP contribution in [0.25, 0.3) is 0 Å². The molecular weight excluding hydrogens is 394 g/mol. The number of carbonyl (C=O) groups excluding carboxylic acids is 1. The van der Waals surface area contributed by atoms with E-state index in [0.29, 0.717) is 56.5 Å². The molecule has 156 valence electrons. The van der Waals surface area contributed by atoms with Gasteiger partial charge in [0.25, 0.3) is 0 Å². The summed E-state index contributed by atoms with van der Waals surface area (Å²) < 4.78 is 24.5. The van der Waals surface area contributed by atoms with Gasteiger partial charge in [-0.25, -0.2) is 17.7 Å². The lowest BCUT2D eigenvalue weighted by molar-refractivity contribution is -0.126. The quantitative estimate of drug-likeness (QED) is 0.536. The molecule has 11 heteroatoms. The van der Waals surface area contributed by atoms with Gasteiger partial charge in [0.15, 0.2) is 5.82 Å². The monoisotopic (exact) mass is 419 g/mol. The number of piperidine rings is 1. The minimum atomic E-state index is -3.18. The topological polar surface area (TPSA) is 129 Å². The highest BCUT2D eigenvalue weighted by Crippen LogP contribution is 2.19. The molecule has 1 aliphatic heterocycles. The molecule has 1 amide bonds. The molecule has 0 aromatic carbocycles. The van der Waals surface area contributed by atoms with Crippen LogP contribution in [0.2, 0.25) is 0 Å². The second-order valence-electron chi connectivity index (χ2n) is 6.80. The van der Waals surface area contributed by atoms with Crippen molar-refractivity contribution in [2.75, 3.05) is 43.1 Å². The minimum absolute atomic E-state index is 0.0408. The zero-order chi connectivity index (χ0) is 20.7. The Bertz CT molecular complexity index is 899. The summed E-state index contributed by atoms with van der Waals surface area (Å²) in [5, 5.41) is 17.2. The number of nitrogens with one attached hydrogen (secondary N) is 3. The first-order valence-corrected chi connectivity index (χ1v) is 11.2. The Morgan fingerprint density at radius 2 is 1.79 bits per heavy atom. The molecule has 0 bridgehead atoms. The lowest BCUT2D eigenvalue weighted by Gasteiger charge is -2.29. The van der Waals surface area contributed by atoms with Crippen LogP contribution in [0.4, 0.5) is 17.5 Å². The van der Waals surface area contributed by atoms with Crippen LogP contribution in [0.5, 0.6) is 0 Å². The highest BCUT2D eigenvalue weighted by molar-refractivity contribution is 7.88. The van der Waals surface area contributed by atoms with Crippen LogP contribution in [-0.2, 0) is 14.8 Å². The van der Waals surface area contributed by atoms with Crippen molar-refractivity contribution in [3.63, 3.8) is 0 Å². The van der Waals surface area contributed by atoms with Crippen LogP contribution in [0, 0.1) is 5.92 Å². The van der Waals surface area contributed by atoms with Crippen molar-refractivity contribution in [3.05, 3.63) is 36.5 Å². The van der Waals surface area contributed by atoms with Gasteiger partial charge in [-0.3, -0.25) is 4.79 Å². The summed E-state index contributed by atoms with van der Waals surface area (Å²) in [4.78, 5) is 16.4. The number of hydrogen-bond acceptors (Lipinski definition) is 8. The summed E-state index contributed by atoms with van der Waals surface area (Å²) in [5.74, 6) is 1.69. The standard InChI is InChI=1S/C18H25N7O3S/c1-29(27,28)25-12-7-14(8-13-25)18(26)21-11-10-20-16-5-6-17(24-23-16)22-15-4-2-3-9-19-15/h2-6,9,14H,7-8,10-13H2,1H3,(H,20,23)(H,21,26)(H,19,22,24).